The van der Waals surface area contributed by atoms with E-state index in [0.29, 0.717) is 24.4 Å². The van der Waals surface area contributed by atoms with Crippen LogP contribution in [-0.4, -0.2) is 59.6 Å². The molecule has 2 amide bonds. The van der Waals surface area contributed by atoms with Crippen LogP contribution in [0, 0.1) is 17.8 Å². The molecule has 36 heavy (non-hydrogen) atoms. The van der Waals surface area contributed by atoms with Gasteiger partial charge in [0, 0.05) is 32.7 Å². The summed E-state index contributed by atoms with van der Waals surface area (Å²) < 4.78 is 44.7. The van der Waals surface area contributed by atoms with Crippen molar-refractivity contribution in [2.45, 2.75) is 84.3 Å². The summed E-state index contributed by atoms with van der Waals surface area (Å²) in [7, 11) is 1.60. The first kappa shape index (κ1) is 28.3. The molecule has 1 heterocycles. The molecule has 4 atom stereocenters. The van der Waals surface area contributed by atoms with Crippen LogP contribution in [-0.2, 0) is 22.3 Å². The summed E-state index contributed by atoms with van der Waals surface area (Å²) in [4.78, 5) is 29.6. The van der Waals surface area contributed by atoms with Gasteiger partial charge in [-0.1, -0.05) is 32.0 Å². The van der Waals surface area contributed by atoms with Crippen molar-refractivity contribution in [3.8, 4) is 0 Å². The molecule has 0 bridgehead atoms. The minimum atomic E-state index is -4.36. The second kappa shape index (κ2) is 11.0. The van der Waals surface area contributed by atoms with E-state index in [1.54, 1.807) is 33.9 Å². The number of hydrogen-bond acceptors (Lipinski definition) is 4. The number of rotatable bonds is 7. The van der Waals surface area contributed by atoms with Crippen LogP contribution in [0.4, 0.5) is 18.0 Å². The van der Waals surface area contributed by atoms with Crippen molar-refractivity contribution < 1.29 is 27.5 Å². The van der Waals surface area contributed by atoms with Crippen molar-refractivity contribution in [3.05, 3.63) is 35.4 Å². The Morgan fingerprint density at radius 2 is 1.86 bits per heavy atom. The number of fused-ring (bicyclic) bond motifs is 1. The molecule has 2 fully saturated rings. The van der Waals surface area contributed by atoms with Crippen molar-refractivity contribution in [2.24, 2.45) is 17.8 Å². The second-order valence-electron chi connectivity index (χ2n) is 11.7. The van der Waals surface area contributed by atoms with Crippen molar-refractivity contribution in [1.29, 1.82) is 0 Å². The summed E-state index contributed by atoms with van der Waals surface area (Å²) in [5.41, 5.74) is -0.647. The number of alkyl halides is 3. The molecular formula is C27H40F3N3O3. The molecular weight excluding hydrogens is 471 g/mol. The molecule has 2 aliphatic rings. The zero-order valence-electron chi connectivity index (χ0n) is 22.2. The van der Waals surface area contributed by atoms with Crippen LogP contribution < -0.4 is 5.32 Å². The Labute approximate surface area is 212 Å². The zero-order valence-corrected chi connectivity index (χ0v) is 22.2. The Hall–Kier alpha value is -2.29. The number of likely N-dealkylation sites (N-methyl/N-ethyl adjacent to an activating group) is 1. The third kappa shape index (κ3) is 7.37. The first-order valence-corrected chi connectivity index (χ1v) is 12.8. The van der Waals surface area contributed by atoms with Crippen LogP contribution in [0.2, 0.25) is 0 Å². The smallest absolute Gasteiger partial charge is 0.416 e. The Morgan fingerprint density at radius 3 is 2.47 bits per heavy atom. The Kier molecular flexibility index (Phi) is 8.63. The molecule has 0 aromatic heterocycles. The van der Waals surface area contributed by atoms with E-state index in [4.69, 9.17) is 4.74 Å². The summed E-state index contributed by atoms with van der Waals surface area (Å²) in [5.74, 6) is 0.662. The van der Waals surface area contributed by atoms with Gasteiger partial charge in [-0.15, -0.1) is 0 Å². The van der Waals surface area contributed by atoms with E-state index >= 15 is 0 Å². The summed E-state index contributed by atoms with van der Waals surface area (Å²) in [6.07, 6.45) is -2.54. The quantitative estimate of drug-likeness (QED) is 0.539. The number of nitrogens with one attached hydrogen (secondary N) is 1. The molecule has 1 aromatic carbocycles. The van der Waals surface area contributed by atoms with Gasteiger partial charge < -0.3 is 10.1 Å². The first-order valence-electron chi connectivity index (χ1n) is 12.8. The molecule has 0 spiro atoms. The number of benzene rings is 1. The van der Waals surface area contributed by atoms with Gasteiger partial charge in [-0.2, -0.15) is 13.2 Å². The van der Waals surface area contributed by atoms with Gasteiger partial charge in [0.15, 0.2) is 0 Å². The summed E-state index contributed by atoms with van der Waals surface area (Å²) >= 11 is 0. The Balaban J connectivity index is 1.63. The minimum absolute atomic E-state index is 0.0179. The largest absolute Gasteiger partial charge is 0.444 e. The fraction of sp³-hybridized carbons (Fsp3) is 0.704. The highest BCUT2D eigenvalue weighted by molar-refractivity contribution is 5.86. The number of amides is 2. The zero-order chi connectivity index (χ0) is 26.8. The Morgan fingerprint density at radius 1 is 1.17 bits per heavy atom. The van der Waals surface area contributed by atoms with Gasteiger partial charge >= 0.3 is 12.3 Å². The fourth-order valence-corrected chi connectivity index (χ4v) is 5.40. The average molecular weight is 512 g/mol. The van der Waals surface area contributed by atoms with Crippen LogP contribution in [0.5, 0.6) is 0 Å². The first-order chi connectivity index (χ1) is 16.6. The number of nitrogens with zero attached hydrogens (tertiary/aromatic N) is 2. The lowest BCUT2D eigenvalue weighted by atomic mass is 9.96. The molecule has 1 N–H and O–H groups in total. The van der Waals surface area contributed by atoms with Gasteiger partial charge in [0.25, 0.3) is 0 Å². The van der Waals surface area contributed by atoms with Crippen LogP contribution in [0.15, 0.2) is 24.3 Å². The van der Waals surface area contributed by atoms with Gasteiger partial charge in [0.2, 0.25) is 5.91 Å². The highest BCUT2D eigenvalue weighted by atomic mass is 19.4. The number of likely N-dealkylation sites (tertiary alicyclic amines) is 1. The number of hydrogen-bond donors (Lipinski definition) is 1. The van der Waals surface area contributed by atoms with Crippen molar-refractivity contribution in [1.82, 2.24) is 15.1 Å². The van der Waals surface area contributed by atoms with Gasteiger partial charge in [-0.05, 0) is 69.4 Å². The normalized spacial score (nSPS) is 23.4. The monoisotopic (exact) mass is 511 g/mol. The summed E-state index contributed by atoms with van der Waals surface area (Å²) in [5, 5.41) is 3.20. The van der Waals surface area contributed by atoms with Crippen molar-refractivity contribution in [3.63, 3.8) is 0 Å². The molecule has 1 saturated heterocycles. The third-order valence-electron chi connectivity index (χ3n) is 7.07. The van der Waals surface area contributed by atoms with Crippen LogP contribution in [0.25, 0.3) is 0 Å². The fourth-order valence-electron chi connectivity index (χ4n) is 5.40. The van der Waals surface area contributed by atoms with Crippen LogP contribution in [0.1, 0.15) is 65.0 Å². The minimum Gasteiger partial charge on any atom is -0.444 e. The maximum absolute atomic E-state index is 13.4. The van der Waals surface area contributed by atoms with Crippen LogP contribution in [0.3, 0.4) is 0 Å². The molecule has 9 heteroatoms. The standard InChI is InChI=1S/C27H40F3N3O3/c1-17(2)12-23(32(6)25(35)36-26(3,4)5)24(34)31-22-11-10-19-15-33(16-21(19)22)14-18-8-7-9-20(13-18)27(28,29)30/h7-9,13,17,19,21-23H,10-12,14-16H2,1-6H3,(H,31,34)/t19-,21-,22+,23-/m1/s1. The number of ether oxygens (including phenoxy) is 1. The summed E-state index contributed by atoms with van der Waals surface area (Å²) in [6, 6.07) is 4.84. The average Bonchev–Trinajstić information content (AvgIpc) is 3.30. The van der Waals surface area contributed by atoms with E-state index in [0.717, 1.165) is 32.0 Å². The molecule has 1 aliphatic heterocycles. The van der Waals surface area contributed by atoms with E-state index in [9.17, 15) is 22.8 Å². The maximum atomic E-state index is 13.4. The second-order valence-corrected chi connectivity index (χ2v) is 11.7. The highest BCUT2D eigenvalue weighted by Gasteiger charge is 2.44. The van der Waals surface area contributed by atoms with Crippen molar-refractivity contribution >= 4 is 12.0 Å². The predicted octanol–water partition coefficient (Wildman–Crippen LogP) is 5.31. The lowest BCUT2D eigenvalue weighted by molar-refractivity contribution is -0.137. The molecule has 1 aromatic rings. The third-order valence-corrected chi connectivity index (χ3v) is 7.07. The van der Waals surface area contributed by atoms with E-state index in [-0.39, 0.29) is 23.8 Å². The van der Waals surface area contributed by atoms with Gasteiger partial charge in [-0.25, -0.2) is 4.79 Å². The predicted molar refractivity (Wildman–Crippen MR) is 132 cm³/mol. The van der Waals surface area contributed by atoms with Gasteiger partial charge in [0.1, 0.15) is 11.6 Å². The topological polar surface area (TPSA) is 61.9 Å². The number of halogens is 3. The van der Waals surface area contributed by atoms with E-state index in [1.807, 2.05) is 13.8 Å². The maximum Gasteiger partial charge on any atom is 0.416 e. The number of carbonyl (C=O) groups is 2. The van der Waals surface area contributed by atoms with Crippen molar-refractivity contribution in [2.75, 3.05) is 20.1 Å². The Bertz CT molecular complexity index is 929. The lowest BCUT2D eigenvalue weighted by Gasteiger charge is -2.32. The molecule has 1 saturated carbocycles. The van der Waals surface area contributed by atoms with E-state index in [1.165, 1.54) is 17.0 Å². The molecule has 1 aliphatic carbocycles. The van der Waals surface area contributed by atoms with Gasteiger partial charge in [0.05, 0.1) is 5.56 Å². The highest BCUT2D eigenvalue weighted by Crippen LogP contribution is 2.39. The number of carbonyl (C=O) groups excluding carboxylic acids is 2. The molecule has 0 unspecified atom stereocenters. The van der Waals surface area contributed by atoms with Crippen LogP contribution >= 0.6 is 0 Å². The van der Waals surface area contributed by atoms with E-state index in [2.05, 4.69) is 10.2 Å². The molecule has 202 valence electrons. The van der Waals surface area contributed by atoms with Gasteiger partial charge in [-0.3, -0.25) is 14.6 Å². The SMILES string of the molecule is CC(C)C[C@H](C(=O)N[C@H]1CC[C@@H]2CN(Cc3cccc(C(F)(F)F)c3)C[C@H]21)N(C)C(=O)OC(C)(C)C. The lowest BCUT2D eigenvalue weighted by Crippen LogP contribution is -2.52. The molecule has 6 nitrogen and oxygen atoms in total. The molecule has 0 radical (unpaired) electrons. The summed E-state index contributed by atoms with van der Waals surface area (Å²) in [6.45, 7) is 11.4. The van der Waals surface area contributed by atoms with E-state index < -0.39 is 29.5 Å². The molecule has 3 rings (SSSR count).